The van der Waals surface area contributed by atoms with Crippen LogP contribution in [0.15, 0.2) is 48.7 Å². The lowest BCUT2D eigenvalue weighted by Gasteiger charge is -2.23. The molecule has 146 valence electrons. The van der Waals surface area contributed by atoms with Gasteiger partial charge >= 0.3 is 0 Å². The predicted octanol–water partition coefficient (Wildman–Crippen LogP) is 3.89. The van der Waals surface area contributed by atoms with Crippen LogP contribution in [0.3, 0.4) is 0 Å². The van der Waals surface area contributed by atoms with Gasteiger partial charge in [0.05, 0.1) is 0 Å². The maximum Gasteiger partial charge on any atom is 0.223 e. The van der Waals surface area contributed by atoms with Crippen molar-refractivity contribution in [3.05, 3.63) is 65.4 Å². The number of aryl methyl sites for hydroxylation is 2. The van der Waals surface area contributed by atoms with Gasteiger partial charge in [-0.1, -0.05) is 35.9 Å². The fourth-order valence-corrected chi connectivity index (χ4v) is 3.53. The summed E-state index contributed by atoms with van der Waals surface area (Å²) in [5.74, 6) is -0.102. The zero-order valence-corrected chi connectivity index (χ0v) is 16.7. The highest BCUT2D eigenvalue weighted by Gasteiger charge is 2.15. The molecule has 2 N–H and O–H groups in total. The Kier molecular flexibility index (Phi) is 6.14. The van der Waals surface area contributed by atoms with Gasteiger partial charge < -0.3 is 15.2 Å². The van der Waals surface area contributed by atoms with Crippen molar-refractivity contribution >= 4 is 28.4 Å². The number of aromatic amines is 1. The summed E-state index contributed by atoms with van der Waals surface area (Å²) in [7, 11) is 0. The number of amides is 2. The molecule has 0 aliphatic rings. The van der Waals surface area contributed by atoms with Crippen molar-refractivity contribution in [2.75, 3.05) is 18.0 Å². The van der Waals surface area contributed by atoms with Crippen LogP contribution < -0.4 is 10.2 Å². The Morgan fingerprint density at radius 2 is 1.89 bits per heavy atom. The summed E-state index contributed by atoms with van der Waals surface area (Å²) in [5, 5.41) is 4.15. The number of rotatable bonds is 7. The molecule has 5 heteroatoms. The van der Waals surface area contributed by atoms with Crippen LogP contribution in [-0.2, 0) is 16.0 Å². The van der Waals surface area contributed by atoms with Crippen LogP contribution in [0.1, 0.15) is 30.0 Å². The lowest BCUT2D eigenvalue weighted by atomic mass is 10.1. The average molecular weight is 377 g/mol. The predicted molar refractivity (Wildman–Crippen MR) is 114 cm³/mol. The van der Waals surface area contributed by atoms with E-state index in [0.29, 0.717) is 13.1 Å². The van der Waals surface area contributed by atoms with Gasteiger partial charge in [-0.2, -0.15) is 0 Å². The monoisotopic (exact) mass is 377 g/mol. The Labute approximate surface area is 165 Å². The Balaban J connectivity index is 1.53. The molecule has 1 aromatic heterocycles. The normalized spacial score (nSPS) is 10.8. The molecule has 2 aromatic carbocycles. The maximum atomic E-state index is 12.3. The summed E-state index contributed by atoms with van der Waals surface area (Å²) in [6.07, 6.45) is 3.04. The maximum absolute atomic E-state index is 12.3. The SMILES string of the molecule is CC(=O)N(CCC(=O)NCCc1c[nH]c2ccccc12)c1ccc(C)cc1C. The van der Waals surface area contributed by atoms with Crippen molar-refractivity contribution in [2.24, 2.45) is 0 Å². The smallest absolute Gasteiger partial charge is 0.223 e. The van der Waals surface area contributed by atoms with Crippen LogP contribution in [-0.4, -0.2) is 29.9 Å². The van der Waals surface area contributed by atoms with E-state index in [1.165, 1.54) is 17.9 Å². The van der Waals surface area contributed by atoms with Crippen molar-refractivity contribution < 1.29 is 9.59 Å². The number of aromatic nitrogens is 1. The van der Waals surface area contributed by atoms with Gasteiger partial charge in [0.15, 0.2) is 0 Å². The van der Waals surface area contributed by atoms with Gasteiger partial charge in [-0.25, -0.2) is 0 Å². The first-order valence-corrected chi connectivity index (χ1v) is 9.63. The summed E-state index contributed by atoms with van der Waals surface area (Å²) in [6, 6.07) is 14.1. The first-order valence-electron chi connectivity index (χ1n) is 9.63. The van der Waals surface area contributed by atoms with Crippen molar-refractivity contribution in [3.8, 4) is 0 Å². The van der Waals surface area contributed by atoms with Crippen molar-refractivity contribution in [2.45, 2.75) is 33.6 Å². The number of nitrogens with zero attached hydrogens (tertiary/aromatic N) is 1. The van der Waals surface area contributed by atoms with E-state index in [4.69, 9.17) is 0 Å². The number of carbonyl (C=O) groups excluding carboxylic acids is 2. The van der Waals surface area contributed by atoms with E-state index in [2.05, 4.69) is 16.4 Å². The summed E-state index contributed by atoms with van der Waals surface area (Å²) in [4.78, 5) is 29.3. The van der Waals surface area contributed by atoms with E-state index in [-0.39, 0.29) is 18.2 Å². The van der Waals surface area contributed by atoms with Crippen LogP contribution >= 0.6 is 0 Å². The van der Waals surface area contributed by atoms with Crippen LogP contribution in [0.25, 0.3) is 10.9 Å². The highest BCUT2D eigenvalue weighted by Crippen LogP contribution is 2.22. The summed E-state index contributed by atoms with van der Waals surface area (Å²) in [5.41, 5.74) is 5.35. The van der Waals surface area contributed by atoms with Crippen LogP contribution in [0.2, 0.25) is 0 Å². The molecule has 0 aliphatic heterocycles. The van der Waals surface area contributed by atoms with E-state index < -0.39 is 0 Å². The molecule has 2 amide bonds. The van der Waals surface area contributed by atoms with E-state index in [0.717, 1.165) is 28.8 Å². The third-order valence-electron chi connectivity index (χ3n) is 4.98. The molecule has 1 heterocycles. The molecular weight excluding hydrogens is 350 g/mol. The minimum atomic E-state index is -0.0569. The summed E-state index contributed by atoms with van der Waals surface area (Å²) < 4.78 is 0. The highest BCUT2D eigenvalue weighted by molar-refractivity contribution is 5.93. The topological polar surface area (TPSA) is 65.2 Å². The molecule has 0 radical (unpaired) electrons. The molecule has 0 bridgehead atoms. The summed E-state index contributed by atoms with van der Waals surface area (Å²) >= 11 is 0. The highest BCUT2D eigenvalue weighted by atomic mass is 16.2. The Morgan fingerprint density at radius 1 is 1.11 bits per heavy atom. The molecule has 0 unspecified atom stereocenters. The van der Waals surface area contributed by atoms with Gasteiger partial charge in [-0.15, -0.1) is 0 Å². The minimum Gasteiger partial charge on any atom is -0.361 e. The van der Waals surface area contributed by atoms with E-state index >= 15 is 0 Å². The quantitative estimate of drug-likeness (QED) is 0.656. The molecule has 0 spiro atoms. The number of para-hydroxylation sites is 1. The number of hydrogen-bond acceptors (Lipinski definition) is 2. The number of hydrogen-bond donors (Lipinski definition) is 2. The number of fused-ring (bicyclic) bond motifs is 1. The number of H-pyrrole nitrogens is 1. The molecule has 0 fully saturated rings. The van der Waals surface area contributed by atoms with Crippen LogP contribution in [0.4, 0.5) is 5.69 Å². The first kappa shape index (κ1) is 19.7. The van der Waals surface area contributed by atoms with Gasteiger partial charge in [0, 0.05) is 49.2 Å². The second-order valence-corrected chi connectivity index (χ2v) is 7.17. The fourth-order valence-electron chi connectivity index (χ4n) is 3.53. The third-order valence-corrected chi connectivity index (χ3v) is 4.98. The Morgan fingerprint density at radius 3 is 2.64 bits per heavy atom. The number of carbonyl (C=O) groups is 2. The van der Waals surface area contributed by atoms with E-state index in [9.17, 15) is 9.59 Å². The molecule has 28 heavy (non-hydrogen) atoms. The Hall–Kier alpha value is -3.08. The lowest BCUT2D eigenvalue weighted by molar-refractivity contribution is -0.121. The largest absolute Gasteiger partial charge is 0.361 e. The minimum absolute atomic E-state index is 0.0455. The lowest BCUT2D eigenvalue weighted by Crippen LogP contribution is -2.34. The second-order valence-electron chi connectivity index (χ2n) is 7.17. The van der Waals surface area contributed by atoms with E-state index in [1.54, 1.807) is 4.90 Å². The van der Waals surface area contributed by atoms with Crippen molar-refractivity contribution in [3.63, 3.8) is 0 Å². The van der Waals surface area contributed by atoms with Gasteiger partial charge in [0.2, 0.25) is 11.8 Å². The zero-order chi connectivity index (χ0) is 20.1. The number of nitrogens with one attached hydrogen (secondary N) is 2. The van der Waals surface area contributed by atoms with Gasteiger partial charge in [-0.3, -0.25) is 9.59 Å². The molecule has 3 rings (SSSR count). The zero-order valence-electron chi connectivity index (χ0n) is 16.7. The van der Waals surface area contributed by atoms with Crippen molar-refractivity contribution in [1.29, 1.82) is 0 Å². The average Bonchev–Trinajstić information content (AvgIpc) is 3.06. The molecule has 0 aliphatic carbocycles. The van der Waals surface area contributed by atoms with Gasteiger partial charge in [0.1, 0.15) is 0 Å². The van der Waals surface area contributed by atoms with Crippen molar-refractivity contribution in [1.82, 2.24) is 10.3 Å². The standard InChI is InChI=1S/C23H27N3O2/c1-16-8-9-22(17(2)14-16)26(18(3)27)13-11-23(28)24-12-10-19-15-25-21-7-5-4-6-20(19)21/h4-9,14-15,25H,10-13H2,1-3H3,(H,24,28). The fraction of sp³-hybridized carbons (Fsp3) is 0.304. The van der Waals surface area contributed by atoms with Gasteiger partial charge in [-0.05, 0) is 43.5 Å². The second kappa shape index (κ2) is 8.74. The molecule has 5 nitrogen and oxygen atoms in total. The third kappa shape index (κ3) is 4.60. The molecular formula is C23H27N3O2. The molecule has 0 saturated heterocycles. The molecule has 3 aromatic rings. The van der Waals surface area contributed by atoms with Crippen LogP contribution in [0.5, 0.6) is 0 Å². The summed E-state index contributed by atoms with van der Waals surface area (Å²) in [6.45, 7) is 6.49. The first-order chi connectivity index (χ1) is 13.5. The number of anilines is 1. The van der Waals surface area contributed by atoms with Crippen LogP contribution in [0, 0.1) is 13.8 Å². The molecule has 0 atom stereocenters. The Bertz CT molecular complexity index is 990. The number of benzene rings is 2. The van der Waals surface area contributed by atoms with Gasteiger partial charge in [0.25, 0.3) is 0 Å². The van der Waals surface area contributed by atoms with E-state index in [1.807, 2.05) is 56.4 Å². The molecule has 0 saturated carbocycles.